The maximum Gasteiger partial charge on any atom is 0.280 e. The molecule has 1 heterocycles. The molecule has 1 N–H and O–H groups in total. The molecule has 6 nitrogen and oxygen atoms in total. The summed E-state index contributed by atoms with van der Waals surface area (Å²) >= 11 is 0. The summed E-state index contributed by atoms with van der Waals surface area (Å²) in [6, 6.07) is 11.8. The van der Waals surface area contributed by atoms with Crippen LogP contribution in [0.3, 0.4) is 0 Å². The quantitative estimate of drug-likeness (QED) is 0.779. The molecule has 1 amide bonds. The molecule has 3 rings (SSSR count). The van der Waals surface area contributed by atoms with Crippen molar-refractivity contribution in [2.75, 3.05) is 12.4 Å². The highest BCUT2D eigenvalue weighted by atomic mass is 19.1. The molecule has 2 aromatic carbocycles. The topological polar surface area (TPSA) is 73.2 Å². The van der Waals surface area contributed by atoms with Gasteiger partial charge in [-0.25, -0.2) is 13.5 Å². The Kier molecular flexibility index (Phi) is 4.74. The van der Waals surface area contributed by atoms with Gasteiger partial charge in [0.1, 0.15) is 11.6 Å². The summed E-state index contributed by atoms with van der Waals surface area (Å²) in [4.78, 5) is 24.6. The number of halogens is 2. The summed E-state index contributed by atoms with van der Waals surface area (Å²) in [5.41, 5.74) is -0.863. The Morgan fingerprint density at radius 3 is 2.46 bits per heavy atom. The van der Waals surface area contributed by atoms with E-state index in [4.69, 9.17) is 4.74 Å². The van der Waals surface area contributed by atoms with Gasteiger partial charge in [-0.3, -0.25) is 9.59 Å². The zero-order chi connectivity index (χ0) is 18.7. The summed E-state index contributed by atoms with van der Waals surface area (Å²) in [5.74, 6) is -1.91. The Hall–Kier alpha value is -3.55. The average molecular weight is 357 g/mol. The van der Waals surface area contributed by atoms with Crippen molar-refractivity contribution < 1.29 is 18.3 Å². The number of nitrogens with one attached hydrogen (secondary N) is 1. The van der Waals surface area contributed by atoms with Crippen LogP contribution in [0.1, 0.15) is 10.5 Å². The standard InChI is InChI=1S/C18H13F2N3O3/c1-26-16-10-15(24)17(18(25)21-14-5-3-2-4-13(14)20)22-23(16)12-8-6-11(19)7-9-12/h2-10H,1H3,(H,21,25). The van der Waals surface area contributed by atoms with Gasteiger partial charge in [0.2, 0.25) is 11.3 Å². The summed E-state index contributed by atoms with van der Waals surface area (Å²) in [6.45, 7) is 0. The van der Waals surface area contributed by atoms with Crippen LogP contribution in [0.25, 0.3) is 5.69 Å². The van der Waals surface area contributed by atoms with Gasteiger partial charge >= 0.3 is 0 Å². The van der Waals surface area contributed by atoms with Crippen LogP contribution in [0.2, 0.25) is 0 Å². The molecule has 0 fully saturated rings. The molecule has 0 saturated carbocycles. The summed E-state index contributed by atoms with van der Waals surface area (Å²) < 4.78 is 33.1. The van der Waals surface area contributed by atoms with Crippen LogP contribution in [0.5, 0.6) is 5.88 Å². The fourth-order valence-electron chi connectivity index (χ4n) is 2.25. The van der Waals surface area contributed by atoms with Gasteiger partial charge in [-0.05, 0) is 36.4 Å². The molecule has 3 aromatic rings. The van der Waals surface area contributed by atoms with E-state index >= 15 is 0 Å². The third-order valence-electron chi connectivity index (χ3n) is 3.51. The molecule has 26 heavy (non-hydrogen) atoms. The van der Waals surface area contributed by atoms with E-state index in [2.05, 4.69) is 10.4 Å². The number of amides is 1. The second-order valence-electron chi connectivity index (χ2n) is 5.22. The van der Waals surface area contributed by atoms with Crippen molar-refractivity contribution in [3.8, 4) is 11.6 Å². The summed E-state index contributed by atoms with van der Waals surface area (Å²) in [7, 11) is 1.33. The minimum atomic E-state index is -0.876. The van der Waals surface area contributed by atoms with Gasteiger partial charge < -0.3 is 10.1 Å². The van der Waals surface area contributed by atoms with Crippen LogP contribution in [0.15, 0.2) is 59.4 Å². The number of aromatic nitrogens is 2. The van der Waals surface area contributed by atoms with Gasteiger partial charge in [-0.15, -0.1) is 0 Å². The van der Waals surface area contributed by atoms with Crippen molar-refractivity contribution in [1.29, 1.82) is 0 Å². The van der Waals surface area contributed by atoms with Crippen LogP contribution >= 0.6 is 0 Å². The zero-order valence-electron chi connectivity index (χ0n) is 13.6. The van der Waals surface area contributed by atoms with E-state index in [1.807, 2.05) is 0 Å². The Balaban J connectivity index is 2.03. The highest BCUT2D eigenvalue weighted by Crippen LogP contribution is 2.17. The molecular weight excluding hydrogens is 344 g/mol. The Morgan fingerprint density at radius 1 is 1.12 bits per heavy atom. The van der Waals surface area contributed by atoms with E-state index in [1.54, 1.807) is 0 Å². The third kappa shape index (κ3) is 3.44. The minimum Gasteiger partial charge on any atom is -0.481 e. The fourth-order valence-corrected chi connectivity index (χ4v) is 2.25. The van der Waals surface area contributed by atoms with Crippen molar-refractivity contribution in [2.45, 2.75) is 0 Å². The van der Waals surface area contributed by atoms with E-state index in [0.717, 1.165) is 6.07 Å². The second-order valence-corrected chi connectivity index (χ2v) is 5.22. The molecule has 0 aliphatic carbocycles. The normalized spacial score (nSPS) is 10.4. The van der Waals surface area contributed by atoms with E-state index in [9.17, 15) is 18.4 Å². The average Bonchev–Trinajstić information content (AvgIpc) is 2.64. The number of hydrogen-bond donors (Lipinski definition) is 1. The number of carbonyl (C=O) groups excluding carboxylic acids is 1. The Morgan fingerprint density at radius 2 is 1.81 bits per heavy atom. The largest absolute Gasteiger partial charge is 0.481 e. The van der Waals surface area contributed by atoms with Crippen LogP contribution in [-0.2, 0) is 0 Å². The molecule has 1 aromatic heterocycles. The van der Waals surface area contributed by atoms with Crippen LogP contribution in [0, 0.1) is 11.6 Å². The molecular formula is C18H13F2N3O3. The monoisotopic (exact) mass is 357 g/mol. The molecule has 8 heteroatoms. The molecule has 132 valence electrons. The van der Waals surface area contributed by atoms with Gasteiger partial charge in [0.15, 0.2) is 5.69 Å². The lowest BCUT2D eigenvalue weighted by Gasteiger charge is -2.12. The number of nitrogens with zero attached hydrogens (tertiary/aromatic N) is 2. The van der Waals surface area contributed by atoms with Gasteiger partial charge in [-0.1, -0.05) is 12.1 Å². The van der Waals surface area contributed by atoms with Crippen molar-refractivity contribution in [3.05, 3.63) is 82.1 Å². The fraction of sp³-hybridized carbons (Fsp3) is 0.0556. The lowest BCUT2D eigenvalue weighted by atomic mass is 10.2. The zero-order valence-corrected chi connectivity index (χ0v) is 13.6. The predicted molar refractivity (Wildman–Crippen MR) is 90.7 cm³/mol. The first-order chi connectivity index (χ1) is 12.5. The van der Waals surface area contributed by atoms with Gasteiger partial charge in [-0.2, -0.15) is 5.10 Å². The predicted octanol–water partition coefficient (Wildman–Crippen LogP) is 2.77. The number of methoxy groups -OCH3 is 1. The van der Waals surface area contributed by atoms with Gasteiger partial charge in [0, 0.05) is 0 Å². The smallest absolute Gasteiger partial charge is 0.280 e. The maximum absolute atomic E-state index is 13.7. The summed E-state index contributed by atoms with van der Waals surface area (Å²) in [6.07, 6.45) is 0. The Labute approximate surface area is 146 Å². The molecule has 0 aliphatic heterocycles. The van der Waals surface area contributed by atoms with Crippen LogP contribution in [-0.4, -0.2) is 22.8 Å². The molecule has 0 aliphatic rings. The van der Waals surface area contributed by atoms with Gasteiger partial charge in [0.25, 0.3) is 5.91 Å². The van der Waals surface area contributed by atoms with Crippen molar-refractivity contribution >= 4 is 11.6 Å². The van der Waals surface area contributed by atoms with Crippen molar-refractivity contribution in [3.63, 3.8) is 0 Å². The number of anilines is 1. The number of rotatable bonds is 4. The Bertz CT molecular complexity index is 1020. The van der Waals surface area contributed by atoms with E-state index in [0.29, 0.717) is 5.69 Å². The number of benzene rings is 2. The lowest BCUT2D eigenvalue weighted by Crippen LogP contribution is -2.26. The van der Waals surface area contributed by atoms with Crippen LogP contribution < -0.4 is 15.5 Å². The number of hydrogen-bond acceptors (Lipinski definition) is 4. The number of carbonyl (C=O) groups is 1. The van der Waals surface area contributed by atoms with Crippen molar-refractivity contribution in [2.24, 2.45) is 0 Å². The first-order valence-corrected chi connectivity index (χ1v) is 7.50. The molecule has 0 atom stereocenters. The molecule has 0 spiro atoms. The lowest BCUT2D eigenvalue weighted by molar-refractivity contribution is 0.101. The van der Waals surface area contributed by atoms with Crippen LogP contribution in [0.4, 0.5) is 14.5 Å². The van der Waals surface area contributed by atoms with E-state index < -0.39 is 28.7 Å². The first kappa shape index (κ1) is 17.3. The SMILES string of the molecule is COc1cc(=O)c(C(=O)Nc2ccccc2F)nn1-c1ccc(F)cc1. The minimum absolute atomic E-state index is 0.0593. The van der Waals surface area contributed by atoms with Crippen molar-refractivity contribution in [1.82, 2.24) is 9.78 Å². The summed E-state index contributed by atoms with van der Waals surface area (Å²) in [5, 5.41) is 6.29. The third-order valence-corrected chi connectivity index (χ3v) is 3.51. The van der Waals surface area contributed by atoms with Gasteiger partial charge in [0.05, 0.1) is 24.6 Å². The molecule has 0 bridgehead atoms. The highest BCUT2D eigenvalue weighted by molar-refractivity contribution is 6.02. The van der Waals surface area contributed by atoms with E-state index in [-0.39, 0.29) is 11.6 Å². The second kappa shape index (κ2) is 7.14. The highest BCUT2D eigenvalue weighted by Gasteiger charge is 2.18. The first-order valence-electron chi connectivity index (χ1n) is 7.50. The molecule has 0 unspecified atom stereocenters. The molecule has 0 saturated heterocycles. The molecule has 0 radical (unpaired) electrons. The maximum atomic E-state index is 13.7. The van der Waals surface area contributed by atoms with E-state index in [1.165, 1.54) is 60.3 Å². The number of ether oxygens (including phenoxy) is 1. The number of para-hydroxylation sites is 1.